The van der Waals surface area contributed by atoms with Gasteiger partial charge in [0.05, 0.1) is 12.7 Å². The van der Waals surface area contributed by atoms with Crippen LogP contribution in [0.1, 0.15) is 36.5 Å². The lowest BCUT2D eigenvalue weighted by Gasteiger charge is -2.39. The molecule has 0 amide bonds. The van der Waals surface area contributed by atoms with Gasteiger partial charge in [0.15, 0.2) is 5.03 Å². The van der Waals surface area contributed by atoms with Gasteiger partial charge in [-0.05, 0) is 31.7 Å². The quantitative estimate of drug-likeness (QED) is 0.735. The number of carboxylic acid groups (broad SMARTS) is 1. The van der Waals surface area contributed by atoms with Gasteiger partial charge in [0, 0.05) is 13.2 Å². The minimum Gasteiger partial charge on any atom is -0.480 e. The van der Waals surface area contributed by atoms with E-state index in [0.29, 0.717) is 12.8 Å². The summed E-state index contributed by atoms with van der Waals surface area (Å²) in [6.45, 7) is 1.38. The van der Waals surface area contributed by atoms with E-state index in [2.05, 4.69) is 9.46 Å². The highest BCUT2D eigenvalue weighted by molar-refractivity contribution is 7.89. The molecule has 8 nitrogen and oxygen atoms in total. The molecule has 0 radical (unpaired) electrons. The summed E-state index contributed by atoms with van der Waals surface area (Å²) in [4.78, 5) is 23.1. The van der Waals surface area contributed by atoms with Gasteiger partial charge in [-0.15, -0.1) is 0 Å². The lowest BCUT2D eigenvalue weighted by atomic mass is 9.72. The lowest BCUT2D eigenvalue weighted by Crippen LogP contribution is -2.58. The zero-order valence-corrected chi connectivity index (χ0v) is 14.0. The van der Waals surface area contributed by atoms with Crippen molar-refractivity contribution >= 4 is 22.0 Å². The van der Waals surface area contributed by atoms with Crippen molar-refractivity contribution in [3.63, 3.8) is 0 Å². The molecular weight excluding hydrogens is 324 g/mol. The van der Waals surface area contributed by atoms with Gasteiger partial charge in [-0.3, -0.25) is 4.79 Å². The van der Waals surface area contributed by atoms with Crippen LogP contribution in [0.15, 0.2) is 17.3 Å². The van der Waals surface area contributed by atoms with Crippen LogP contribution in [0.3, 0.4) is 0 Å². The summed E-state index contributed by atoms with van der Waals surface area (Å²) < 4.78 is 33.3. The first-order valence-electron chi connectivity index (χ1n) is 7.14. The predicted octanol–water partition coefficient (Wildman–Crippen LogP) is 0.733. The molecule has 1 aliphatic carbocycles. The van der Waals surface area contributed by atoms with Gasteiger partial charge >= 0.3 is 11.9 Å². The maximum Gasteiger partial charge on any atom is 0.339 e. The Morgan fingerprint density at radius 3 is 2.48 bits per heavy atom. The number of carbonyl (C=O) groups excluding carboxylic acids is 1. The molecular formula is C14H20N2O6S. The molecule has 23 heavy (non-hydrogen) atoms. The first kappa shape index (κ1) is 17.5. The van der Waals surface area contributed by atoms with Crippen molar-refractivity contribution in [3.8, 4) is 0 Å². The second-order valence-corrected chi connectivity index (χ2v) is 7.54. The number of aromatic nitrogens is 1. The van der Waals surface area contributed by atoms with Crippen LogP contribution in [-0.4, -0.2) is 42.7 Å². The molecule has 0 aromatic carbocycles. The number of esters is 1. The zero-order valence-electron chi connectivity index (χ0n) is 13.2. The van der Waals surface area contributed by atoms with Crippen molar-refractivity contribution < 1.29 is 27.9 Å². The second-order valence-electron chi connectivity index (χ2n) is 5.91. The molecule has 1 saturated carbocycles. The van der Waals surface area contributed by atoms with Gasteiger partial charge in [0.2, 0.25) is 0 Å². The summed E-state index contributed by atoms with van der Waals surface area (Å²) in [5, 5.41) is 9.28. The van der Waals surface area contributed by atoms with E-state index >= 15 is 0 Å². The van der Waals surface area contributed by atoms with Crippen LogP contribution in [-0.2, 0) is 26.6 Å². The standard InChI is InChI=1S/C14H20N2O6S/c1-14(13(18)19,10-5-4-6-10)15-23(20,21)11-7-9(8-16(11)2)12(17)22-3/h7-8,10,15H,4-6H2,1-3H3,(H,18,19). The molecule has 2 rings (SSSR count). The molecule has 1 heterocycles. The summed E-state index contributed by atoms with van der Waals surface area (Å²) >= 11 is 0. The molecule has 1 aromatic heterocycles. The van der Waals surface area contributed by atoms with Crippen molar-refractivity contribution in [1.29, 1.82) is 0 Å². The molecule has 1 unspecified atom stereocenters. The Labute approximate surface area is 134 Å². The van der Waals surface area contributed by atoms with Crippen LogP contribution in [0.2, 0.25) is 0 Å². The van der Waals surface area contributed by atoms with Crippen LogP contribution < -0.4 is 4.72 Å². The van der Waals surface area contributed by atoms with Gasteiger partial charge in [-0.25, -0.2) is 13.2 Å². The van der Waals surface area contributed by atoms with Crippen LogP contribution in [0.25, 0.3) is 0 Å². The average Bonchev–Trinajstić information content (AvgIpc) is 2.77. The largest absolute Gasteiger partial charge is 0.480 e. The van der Waals surface area contributed by atoms with Crippen molar-refractivity contribution in [2.45, 2.75) is 36.8 Å². The van der Waals surface area contributed by atoms with Crippen molar-refractivity contribution in [2.24, 2.45) is 13.0 Å². The third-order valence-corrected chi connectivity index (χ3v) is 6.02. The van der Waals surface area contributed by atoms with E-state index in [0.717, 1.165) is 12.5 Å². The van der Waals surface area contributed by atoms with Gasteiger partial charge in [0.1, 0.15) is 5.54 Å². The number of aryl methyl sites for hydroxylation is 1. The molecule has 128 valence electrons. The van der Waals surface area contributed by atoms with Gasteiger partial charge in [-0.1, -0.05) is 6.42 Å². The molecule has 9 heteroatoms. The second kappa shape index (κ2) is 5.97. The Hall–Kier alpha value is -1.87. The maximum absolute atomic E-state index is 12.6. The highest BCUT2D eigenvalue weighted by Gasteiger charge is 2.47. The van der Waals surface area contributed by atoms with E-state index in [4.69, 9.17) is 0 Å². The van der Waals surface area contributed by atoms with E-state index in [9.17, 15) is 23.1 Å². The third-order valence-electron chi connectivity index (χ3n) is 4.37. The summed E-state index contributed by atoms with van der Waals surface area (Å²) in [5.74, 6) is -2.13. The first-order chi connectivity index (χ1) is 10.6. The number of ether oxygens (including phenoxy) is 1. The molecule has 0 aliphatic heterocycles. The molecule has 0 spiro atoms. The maximum atomic E-state index is 12.6. The highest BCUT2D eigenvalue weighted by atomic mass is 32.2. The topological polar surface area (TPSA) is 115 Å². The Morgan fingerprint density at radius 2 is 2.04 bits per heavy atom. The summed E-state index contributed by atoms with van der Waals surface area (Å²) in [6, 6.07) is 1.16. The third kappa shape index (κ3) is 3.11. The number of aliphatic carboxylic acids is 1. The number of carbonyl (C=O) groups is 2. The number of sulfonamides is 1. The van der Waals surface area contributed by atoms with Gasteiger partial charge in [-0.2, -0.15) is 4.72 Å². The van der Waals surface area contributed by atoms with Crippen LogP contribution in [0.4, 0.5) is 0 Å². The number of rotatable bonds is 6. The van der Waals surface area contributed by atoms with E-state index < -0.39 is 27.5 Å². The fraction of sp³-hybridized carbons (Fsp3) is 0.571. The normalized spacial score (nSPS) is 18.0. The molecule has 0 saturated heterocycles. The van der Waals surface area contributed by atoms with Crippen molar-refractivity contribution in [1.82, 2.24) is 9.29 Å². The Bertz CT molecular complexity index is 734. The Balaban J connectivity index is 2.36. The minimum absolute atomic E-state index is 0.0797. The molecule has 1 fully saturated rings. The Kier molecular flexibility index (Phi) is 4.54. The van der Waals surface area contributed by atoms with E-state index in [1.807, 2.05) is 0 Å². The van der Waals surface area contributed by atoms with E-state index in [-0.39, 0.29) is 16.5 Å². The first-order valence-corrected chi connectivity index (χ1v) is 8.62. The fourth-order valence-corrected chi connectivity index (χ4v) is 4.29. The molecule has 1 aliphatic rings. The monoisotopic (exact) mass is 344 g/mol. The molecule has 1 aromatic rings. The number of carboxylic acids is 1. The number of hydrogen-bond acceptors (Lipinski definition) is 5. The summed E-state index contributed by atoms with van der Waals surface area (Å²) in [6.07, 6.45) is 3.52. The van der Waals surface area contributed by atoms with Crippen LogP contribution in [0, 0.1) is 5.92 Å². The minimum atomic E-state index is -4.11. The number of hydrogen-bond donors (Lipinski definition) is 2. The summed E-state index contributed by atoms with van der Waals surface area (Å²) in [5.41, 5.74) is -1.50. The van der Waals surface area contributed by atoms with E-state index in [1.165, 1.54) is 31.8 Å². The zero-order chi connectivity index (χ0) is 17.4. The predicted molar refractivity (Wildman–Crippen MR) is 80.5 cm³/mol. The Morgan fingerprint density at radius 1 is 1.43 bits per heavy atom. The van der Waals surface area contributed by atoms with Crippen molar-refractivity contribution in [2.75, 3.05) is 7.11 Å². The van der Waals surface area contributed by atoms with Gasteiger partial charge < -0.3 is 14.4 Å². The number of methoxy groups -OCH3 is 1. The van der Waals surface area contributed by atoms with Crippen LogP contribution in [0.5, 0.6) is 0 Å². The fourth-order valence-electron chi connectivity index (χ4n) is 2.66. The van der Waals surface area contributed by atoms with Crippen LogP contribution >= 0.6 is 0 Å². The lowest BCUT2D eigenvalue weighted by molar-refractivity contribution is -0.147. The van der Waals surface area contributed by atoms with Gasteiger partial charge in [0.25, 0.3) is 10.0 Å². The molecule has 0 bridgehead atoms. The van der Waals surface area contributed by atoms with E-state index in [1.54, 1.807) is 0 Å². The van der Waals surface area contributed by atoms with Crippen molar-refractivity contribution in [3.05, 3.63) is 17.8 Å². The smallest absolute Gasteiger partial charge is 0.339 e. The summed E-state index contributed by atoms with van der Waals surface area (Å²) in [7, 11) is -1.46. The SMILES string of the molecule is COC(=O)c1cc(S(=O)(=O)NC(C)(C(=O)O)C2CCC2)n(C)c1. The molecule has 2 N–H and O–H groups in total. The number of nitrogens with one attached hydrogen (secondary N) is 1. The highest BCUT2D eigenvalue weighted by Crippen LogP contribution is 2.37. The molecule has 1 atom stereocenters. The number of nitrogens with zero attached hydrogens (tertiary/aromatic N) is 1. The average molecular weight is 344 g/mol.